The first-order chi connectivity index (χ1) is 13.1. The number of urea groups is 1. The molecule has 0 unspecified atom stereocenters. The second-order valence-electron chi connectivity index (χ2n) is 6.86. The van der Waals surface area contributed by atoms with Crippen LogP contribution in [0.1, 0.15) is 19.8 Å². The minimum atomic E-state index is -0.152. The zero-order chi connectivity index (χ0) is 19.2. The molecule has 2 heterocycles. The molecule has 1 aromatic rings. The number of carbonyl (C=O) groups excluding carboxylic acids is 2. The summed E-state index contributed by atoms with van der Waals surface area (Å²) in [6.07, 6.45) is 2.21. The van der Waals surface area contributed by atoms with Crippen molar-refractivity contribution in [1.29, 1.82) is 0 Å². The van der Waals surface area contributed by atoms with Crippen LogP contribution < -0.4 is 10.1 Å². The van der Waals surface area contributed by atoms with Crippen molar-refractivity contribution < 1.29 is 14.3 Å². The van der Waals surface area contributed by atoms with E-state index < -0.39 is 0 Å². The van der Waals surface area contributed by atoms with Gasteiger partial charge in [-0.15, -0.1) is 0 Å². The maximum atomic E-state index is 12.5. The molecule has 2 aliphatic rings. The van der Waals surface area contributed by atoms with Crippen molar-refractivity contribution in [1.82, 2.24) is 14.7 Å². The molecule has 0 atom stereocenters. The minimum Gasteiger partial charge on any atom is -0.492 e. The van der Waals surface area contributed by atoms with Crippen molar-refractivity contribution in [3.05, 3.63) is 23.2 Å². The Balaban J connectivity index is 1.45. The van der Waals surface area contributed by atoms with Gasteiger partial charge in [0.05, 0.1) is 18.2 Å². The summed E-state index contributed by atoms with van der Waals surface area (Å²) in [5, 5.41) is 3.35. The summed E-state index contributed by atoms with van der Waals surface area (Å²) in [5.74, 6) is 0.808. The van der Waals surface area contributed by atoms with E-state index in [1.165, 1.54) is 0 Å². The molecule has 0 radical (unpaired) electrons. The molecule has 0 bridgehead atoms. The number of hydrogen-bond donors (Lipinski definition) is 1. The SMILES string of the molecule is CCOc1ccc(NC(=O)N2CCN(CC(=O)N3CCCC3)CC2)cc1Cl. The number of rotatable bonds is 5. The maximum absolute atomic E-state index is 12.5. The summed E-state index contributed by atoms with van der Waals surface area (Å²) in [6, 6.07) is 5.07. The number of hydrogen-bond acceptors (Lipinski definition) is 4. The number of carbonyl (C=O) groups is 2. The topological polar surface area (TPSA) is 65.1 Å². The van der Waals surface area contributed by atoms with E-state index in [2.05, 4.69) is 10.2 Å². The maximum Gasteiger partial charge on any atom is 0.321 e. The number of piperazine rings is 1. The average Bonchev–Trinajstić information content (AvgIpc) is 3.19. The highest BCUT2D eigenvalue weighted by Gasteiger charge is 2.25. The van der Waals surface area contributed by atoms with Crippen LogP contribution in [0.5, 0.6) is 5.75 Å². The number of nitrogens with zero attached hydrogens (tertiary/aromatic N) is 3. The number of likely N-dealkylation sites (tertiary alicyclic amines) is 1. The largest absolute Gasteiger partial charge is 0.492 e. The van der Waals surface area contributed by atoms with Gasteiger partial charge in [-0.25, -0.2) is 4.79 Å². The molecule has 2 fully saturated rings. The summed E-state index contributed by atoms with van der Waals surface area (Å²) in [6.45, 7) is 7.25. The Morgan fingerprint density at radius 1 is 1.07 bits per heavy atom. The predicted molar refractivity (Wildman–Crippen MR) is 105 cm³/mol. The third-order valence-corrected chi connectivity index (χ3v) is 5.26. The highest BCUT2D eigenvalue weighted by molar-refractivity contribution is 6.32. The molecule has 1 aromatic carbocycles. The van der Waals surface area contributed by atoms with E-state index in [1.807, 2.05) is 11.8 Å². The van der Waals surface area contributed by atoms with Crippen molar-refractivity contribution in [2.24, 2.45) is 0 Å². The normalized spacial score (nSPS) is 17.9. The lowest BCUT2D eigenvalue weighted by Crippen LogP contribution is -2.52. The van der Waals surface area contributed by atoms with Gasteiger partial charge in [0.15, 0.2) is 0 Å². The first-order valence-corrected chi connectivity index (χ1v) is 9.93. The van der Waals surface area contributed by atoms with Crippen molar-refractivity contribution in [3.63, 3.8) is 0 Å². The summed E-state index contributed by atoms with van der Waals surface area (Å²) < 4.78 is 5.40. The first kappa shape index (κ1) is 19.8. The van der Waals surface area contributed by atoms with Crippen LogP contribution in [0.25, 0.3) is 0 Å². The van der Waals surface area contributed by atoms with E-state index in [4.69, 9.17) is 16.3 Å². The lowest BCUT2D eigenvalue weighted by Gasteiger charge is -2.35. The van der Waals surface area contributed by atoms with Crippen LogP contribution in [0.2, 0.25) is 5.02 Å². The number of anilines is 1. The lowest BCUT2D eigenvalue weighted by atomic mass is 10.3. The Kier molecular flexibility index (Phi) is 6.79. The van der Waals surface area contributed by atoms with Gasteiger partial charge in [0.25, 0.3) is 0 Å². The number of ether oxygens (including phenoxy) is 1. The molecule has 0 saturated carbocycles. The van der Waals surface area contributed by atoms with Crippen LogP contribution in [0.15, 0.2) is 18.2 Å². The molecular weight excluding hydrogens is 368 g/mol. The van der Waals surface area contributed by atoms with E-state index in [1.54, 1.807) is 23.1 Å². The first-order valence-electron chi connectivity index (χ1n) is 9.55. The number of halogens is 1. The Morgan fingerprint density at radius 2 is 1.78 bits per heavy atom. The van der Waals surface area contributed by atoms with E-state index in [0.29, 0.717) is 55.8 Å². The van der Waals surface area contributed by atoms with Crippen molar-refractivity contribution >= 4 is 29.2 Å². The van der Waals surface area contributed by atoms with Crippen LogP contribution in [0.3, 0.4) is 0 Å². The van der Waals surface area contributed by atoms with Gasteiger partial charge in [-0.1, -0.05) is 11.6 Å². The van der Waals surface area contributed by atoms with E-state index >= 15 is 0 Å². The molecule has 0 spiro atoms. The Labute approximate surface area is 165 Å². The third kappa shape index (κ3) is 5.26. The molecule has 2 saturated heterocycles. The van der Waals surface area contributed by atoms with Gasteiger partial charge in [0, 0.05) is 45.0 Å². The van der Waals surface area contributed by atoms with E-state index in [0.717, 1.165) is 25.9 Å². The van der Waals surface area contributed by atoms with E-state index in [-0.39, 0.29) is 11.9 Å². The van der Waals surface area contributed by atoms with Crippen LogP contribution in [-0.2, 0) is 4.79 Å². The Hall–Kier alpha value is -1.99. The van der Waals surface area contributed by atoms with Gasteiger partial charge < -0.3 is 19.9 Å². The van der Waals surface area contributed by atoms with Crippen LogP contribution in [0, 0.1) is 0 Å². The molecule has 7 nitrogen and oxygen atoms in total. The van der Waals surface area contributed by atoms with Crippen molar-refractivity contribution in [2.45, 2.75) is 19.8 Å². The van der Waals surface area contributed by atoms with Gasteiger partial charge in [-0.2, -0.15) is 0 Å². The molecule has 148 valence electrons. The zero-order valence-corrected chi connectivity index (χ0v) is 16.5. The average molecular weight is 395 g/mol. The summed E-state index contributed by atoms with van der Waals surface area (Å²) in [7, 11) is 0. The zero-order valence-electron chi connectivity index (χ0n) is 15.7. The van der Waals surface area contributed by atoms with Gasteiger partial charge >= 0.3 is 6.03 Å². The molecule has 27 heavy (non-hydrogen) atoms. The second-order valence-corrected chi connectivity index (χ2v) is 7.27. The summed E-state index contributed by atoms with van der Waals surface area (Å²) in [5.41, 5.74) is 0.639. The molecule has 8 heteroatoms. The van der Waals surface area contributed by atoms with Gasteiger partial charge in [0.2, 0.25) is 5.91 Å². The third-order valence-electron chi connectivity index (χ3n) is 4.96. The molecule has 0 aliphatic carbocycles. The predicted octanol–water partition coefficient (Wildman–Crippen LogP) is 2.51. The lowest BCUT2D eigenvalue weighted by molar-refractivity contribution is -0.131. The van der Waals surface area contributed by atoms with Crippen molar-refractivity contribution in [2.75, 3.05) is 57.7 Å². The fraction of sp³-hybridized carbons (Fsp3) is 0.579. The van der Waals surface area contributed by atoms with Crippen LogP contribution >= 0.6 is 11.6 Å². The Morgan fingerprint density at radius 3 is 2.41 bits per heavy atom. The van der Waals surface area contributed by atoms with Crippen LogP contribution in [0.4, 0.5) is 10.5 Å². The monoisotopic (exact) mass is 394 g/mol. The molecule has 0 aromatic heterocycles. The fourth-order valence-corrected chi connectivity index (χ4v) is 3.66. The molecule has 1 N–H and O–H groups in total. The van der Waals surface area contributed by atoms with Gasteiger partial charge in [-0.3, -0.25) is 9.69 Å². The smallest absolute Gasteiger partial charge is 0.321 e. The second kappa shape index (κ2) is 9.28. The molecular formula is C19H27ClN4O3. The number of benzene rings is 1. The molecule has 3 amide bonds. The highest BCUT2D eigenvalue weighted by atomic mass is 35.5. The molecule has 3 rings (SSSR count). The highest BCUT2D eigenvalue weighted by Crippen LogP contribution is 2.27. The standard InChI is InChI=1S/C19H27ClN4O3/c1-2-27-17-6-5-15(13-16(17)20)21-19(26)24-11-9-22(10-12-24)14-18(25)23-7-3-4-8-23/h5-6,13H,2-4,7-12,14H2,1H3,(H,21,26). The molecule has 2 aliphatic heterocycles. The fourth-order valence-electron chi connectivity index (χ4n) is 3.42. The van der Waals surface area contributed by atoms with Gasteiger partial charge in [0.1, 0.15) is 5.75 Å². The van der Waals surface area contributed by atoms with E-state index in [9.17, 15) is 9.59 Å². The summed E-state index contributed by atoms with van der Waals surface area (Å²) >= 11 is 6.17. The van der Waals surface area contributed by atoms with Gasteiger partial charge in [-0.05, 0) is 38.0 Å². The number of nitrogens with one attached hydrogen (secondary N) is 1. The van der Waals surface area contributed by atoms with Crippen LogP contribution in [-0.4, -0.2) is 79.1 Å². The number of amides is 3. The van der Waals surface area contributed by atoms with Crippen molar-refractivity contribution in [3.8, 4) is 5.75 Å². The minimum absolute atomic E-state index is 0.152. The Bertz CT molecular complexity index is 671. The quantitative estimate of drug-likeness (QED) is 0.833. The summed E-state index contributed by atoms with van der Waals surface area (Å²) in [4.78, 5) is 30.5.